The number of nitrogens with zero attached hydrogens (tertiary/aromatic N) is 3. The summed E-state index contributed by atoms with van der Waals surface area (Å²) in [6.45, 7) is 0.566. The number of rotatable bonds is 4. The Hall–Kier alpha value is -2.64. The van der Waals surface area contributed by atoms with Gasteiger partial charge in [0.2, 0.25) is 0 Å². The maximum absolute atomic E-state index is 13.9. The van der Waals surface area contributed by atoms with Crippen molar-refractivity contribution in [3.8, 4) is 6.07 Å². The minimum absolute atomic E-state index is 0.316. The van der Waals surface area contributed by atoms with Crippen molar-refractivity contribution in [2.75, 3.05) is 0 Å². The van der Waals surface area contributed by atoms with Gasteiger partial charge in [-0.3, -0.25) is 0 Å². The molecule has 0 unspecified atom stereocenters. The highest BCUT2D eigenvalue weighted by molar-refractivity contribution is 6.31. The SMILES string of the molecule is N#Cc1cccc(Cn2ccnc2Cc2c(F)cccc2Cl)c1. The van der Waals surface area contributed by atoms with Crippen molar-refractivity contribution in [1.29, 1.82) is 5.26 Å². The van der Waals surface area contributed by atoms with Crippen molar-refractivity contribution in [1.82, 2.24) is 9.55 Å². The quantitative estimate of drug-likeness (QED) is 0.722. The molecule has 3 nitrogen and oxygen atoms in total. The first-order valence-corrected chi connectivity index (χ1v) is 7.47. The maximum atomic E-state index is 13.9. The summed E-state index contributed by atoms with van der Waals surface area (Å²) in [7, 11) is 0. The van der Waals surface area contributed by atoms with Crippen molar-refractivity contribution in [2.24, 2.45) is 0 Å². The number of halogens is 2. The lowest BCUT2D eigenvalue weighted by Gasteiger charge is -2.10. The highest BCUT2D eigenvalue weighted by Gasteiger charge is 2.12. The van der Waals surface area contributed by atoms with Gasteiger partial charge in [-0.2, -0.15) is 5.26 Å². The number of imidazole rings is 1. The zero-order valence-electron chi connectivity index (χ0n) is 12.2. The van der Waals surface area contributed by atoms with Crippen LogP contribution in [0.3, 0.4) is 0 Å². The summed E-state index contributed by atoms with van der Waals surface area (Å²) in [5, 5.41) is 9.37. The molecule has 0 aliphatic heterocycles. The standard InChI is InChI=1S/C18H13ClFN3/c19-16-5-2-6-17(20)15(16)10-18-22-7-8-23(18)12-14-4-1-3-13(9-14)11-21/h1-9H,10,12H2. The van der Waals surface area contributed by atoms with Crippen LogP contribution in [-0.4, -0.2) is 9.55 Å². The van der Waals surface area contributed by atoms with E-state index in [0.29, 0.717) is 29.1 Å². The van der Waals surface area contributed by atoms with Crippen LogP contribution in [-0.2, 0) is 13.0 Å². The maximum Gasteiger partial charge on any atom is 0.128 e. The Labute approximate surface area is 138 Å². The molecule has 5 heteroatoms. The van der Waals surface area contributed by atoms with Gasteiger partial charge in [0.25, 0.3) is 0 Å². The Morgan fingerprint density at radius 1 is 1.22 bits per heavy atom. The second kappa shape index (κ2) is 6.64. The third-order valence-electron chi connectivity index (χ3n) is 3.61. The Morgan fingerprint density at radius 2 is 2.04 bits per heavy atom. The number of hydrogen-bond donors (Lipinski definition) is 0. The molecule has 0 saturated heterocycles. The lowest BCUT2D eigenvalue weighted by Crippen LogP contribution is -2.06. The predicted molar refractivity (Wildman–Crippen MR) is 86.7 cm³/mol. The van der Waals surface area contributed by atoms with Crippen LogP contribution < -0.4 is 0 Å². The highest BCUT2D eigenvalue weighted by atomic mass is 35.5. The normalized spacial score (nSPS) is 10.5. The van der Waals surface area contributed by atoms with Gasteiger partial charge in [0, 0.05) is 35.9 Å². The molecule has 0 amide bonds. The number of hydrogen-bond acceptors (Lipinski definition) is 2. The van der Waals surface area contributed by atoms with E-state index in [1.807, 2.05) is 29.0 Å². The molecule has 0 spiro atoms. The van der Waals surface area contributed by atoms with E-state index >= 15 is 0 Å². The minimum Gasteiger partial charge on any atom is -0.330 e. The first-order chi connectivity index (χ1) is 11.2. The predicted octanol–water partition coefficient (Wildman–Crippen LogP) is 4.19. The average molecular weight is 326 g/mol. The monoisotopic (exact) mass is 325 g/mol. The molecule has 0 atom stereocenters. The molecule has 0 radical (unpaired) electrons. The Balaban J connectivity index is 1.87. The lowest BCUT2D eigenvalue weighted by atomic mass is 10.1. The molecule has 3 aromatic rings. The topological polar surface area (TPSA) is 41.6 Å². The van der Waals surface area contributed by atoms with Gasteiger partial charge in [-0.15, -0.1) is 0 Å². The van der Waals surface area contributed by atoms with Crippen LogP contribution in [0.15, 0.2) is 54.9 Å². The summed E-state index contributed by atoms with van der Waals surface area (Å²) in [6.07, 6.45) is 3.83. The minimum atomic E-state index is -0.335. The van der Waals surface area contributed by atoms with E-state index < -0.39 is 0 Å². The van der Waals surface area contributed by atoms with Gasteiger partial charge in [0.1, 0.15) is 11.6 Å². The van der Waals surface area contributed by atoms with Gasteiger partial charge in [-0.25, -0.2) is 9.37 Å². The first-order valence-electron chi connectivity index (χ1n) is 7.09. The van der Waals surface area contributed by atoms with Crippen molar-refractivity contribution in [2.45, 2.75) is 13.0 Å². The fraction of sp³-hybridized carbons (Fsp3) is 0.111. The largest absolute Gasteiger partial charge is 0.330 e. The Morgan fingerprint density at radius 3 is 2.83 bits per heavy atom. The smallest absolute Gasteiger partial charge is 0.128 e. The van der Waals surface area contributed by atoms with E-state index in [0.717, 1.165) is 11.4 Å². The van der Waals surface area contributed by atoms with Gasteiger partial charge < -0.3 is 4.57 Å². The second-order valence-corrected chi connectivity index (χ2v) is 5.57. The van der Waals surface area contributed by atoms with Crippen LogP contribution in [0, 0.1) is 17.1 Å². The number of nitriles is 1. The number of aromatic nitrogens is 2. The molecule has 2 aromatic carbocycles. The third kappa shape index (κ3) is 3.41. The van der Waals surface area contributed by atoms with Crippen LogP contribution in [0.25, 0.3) is 0 Å². The van der Waals surface area contributed by atoms with E-state index in [9.17, 15) is 4.39 Å². The molecule has 0 saturated carbocycles. The molecule has 1 heterocycles. The summed E-state index contributed by atoms with van der Waals surface area (Å²) >= 11 is 6.09. The second-order valence-electron chi connectivity index (χ2n) is 5.16. The summed E-state index contributed by atoms with van der Waals surface area (Å²) in [4.78, 5) is 4.31. The molecular formula is C18H13ClFN3. The van der Waals surface area contributed by atoms with E-state index in [4.69, 9.17) is 16.9 Å². The van der Waals surface area contributed by atoms with Gasteiger partial charge in [0.15, 0.2) is 0 Å². The van der Waals surface area contributed by atoms with Crippen LogP contribution in [0.5, 0.6) is 0 Å². The van der Waals surface area contributed by atoms with Gasteiger partial charge in [0.05, 0.1) is 11.6 Å². The van der Waals surface area contributed by atoms with E-state index in [1.54, 1.807) is 24.4 Å². The van der Waals surface area contributed by atoms with Crippen LogP contribution >= 0.6 is 11.6 Å². The van der Waals surface area contributed by atoms with Gasteiger partial charge in [-0.1, -0.05) is 29.8 Å². The van der Waals surface area contributed by atoms with Crippen molar-refractivity contribution >= 4 is 11.6 Å². The summed E-state index contributed by atoms with van der Waals surface area (Å²) in [5.41, 5.74) is 2.04. The molecule has 3 rings (SSSR count). The third-order valence-corrected chi connectivity index (χ3v) is 3.96. The fourth-order valence-corrected chi connectivity index (χ4v) is 2.68. The van der Waals surface area contributed by atoms with Crippen LogP contribution in [0.1, 0.15) is 22.5 Å². The van der Waals surface area contributed by atoms with E-state index in [2.05, 4.69) is 11.1 Å². The first kappa shape index (κ1) is 15.3. The average Bonchev–Trinajstić information content (AvgIpc) is 2.98. The molecule has 0 N–H and O–H groups in total. The zero-order valence-corrected chi connectivity index (χ0v) is 13.0. The van der Waals surface area contributed by atoms with E-state index in [-0.39, 0.29) is 5.82 Å². The summed E-state index contributed by atoms with van der Waals surface area (Å²) in [6, 6.07) is 14.2. The van der Waals surface area contributed by atoms with Crippen LogP contribution in [0.2, 0.25) is 5.02 Å². The summed E-state index contributed by atoms with van der Waals surface area (Å²) < 4.78 is 15.9. The lowest BCUT2D eigenvalue weighted by molar-refractivity contribution is 0.609. The number of benzene rings is 2. The van der Waals surface area contributed by atoms with Gasteiger partial charge in [-0.05, 0) is 29.8 Å². The molecule has 23 heavy (non-hydrogen) atoms. The van der Waals surface area contributed by atoms with Crippen molar-refractivity contribution < 1.29 is 4.39 Å². The Kier molecular flexibility index (Phi) is 4.40. The zero-order chi connectivity index (χ0) is 16.2. The van der Waals surface area contributed by atoms with Crippen LogP contribution in [0.4, 0.5) is 4.39 Å². The van der Waals surface area contributed by atoms with Gasteiger partial charge >= 0.3 is 0 Å². The molecular weight excluding hydrogens is 313 g/mol. The molecule has 0 aliphatic rings. The molecule has 0 fully saturated rings. The van der Waals surface area contributed by atoms with Crippen molar-refractivity contribution in [3.63, 3.8) is 0 Å². The van der Waals surface area contributed by atoms with E-state index in [1.165, 1.54) is 6.07 Å². The molecule has 0 bridgehead atoms. The molecule has 1 aromatic heterocycles. The highest BCUT2D eigenvalue weighted by Crippen LogP contribution is 2.22. The summed E-state index contributed by atoms with van der Waals surface area (Å²) in [5.74, 6) is 0.387. The molecule has 0 aliphatic carbocycles. The molecule has 114 valence electrons. The van der Waals surface area contributed by atoms with Crippen molar-refractivity contribution in [3.05, 3.63) is 88.2 Å². The Bertz CT molecular complexity index is 860. The fourth-order valence-electron chi connectivity index (χ4n) is 2.45.